The summed E-state index contributed by atoms with van der Waals surface area (Å²) in [7, 11) is 0. The van der Waals surface area contributed by atoms with E-state index < -0.39 is 10.7 Å². The lowest BCUT2D eigenvalue weighted by molar-refractivity contribution is -0.385. The van der Waals surface area contributed by atoms with Gasteiger partial charge in [0.25, 0.3) is 5.69 Å². The predicted molar refractivity (Wildman–Crippen MR) is 53.6 cm³/mol. The van der Waals surface area contributed by atoms with E-state index in [9.17, 15) is 14.5 Å². The summed E-state index contributed by atoms with van der Waals surface area (Å²) in [6.45, 7) is 0. The van der Waals surface area contributed by atoms with Gasteiger partial charge in [-0.3, -0.25) is 15.2 Å². The molecule has 0 aliphatic heterocycles. The highest BCUT2D eigenvalue weighted by Gasteiger charge is 2.11. The molecule has 0 bridgehead atoms. The van der Waals surface area contributed by atoms with Crippen molar-refractivity contribution < 1.29 is 9.31 Å². The van der Waals surface area contributed by atoms with Gasteiger partial charge in [-0.2, -0.15) is 5.10 Å². The molecule has 6 nitrogen and oxygen atoms in total. The lowest BCUT2D eigenvalue weighted by Gasteiger charge is -1.98. The molecule has 0 aliphatic carbocycles. The molecule has 0 saturated heterocycles. The van der Waals surface area contributed by atoms with Crippen molar-refractivity contribution in [3.63, 3.8) is 0 Å². The molecule has 0 unspecified atom stereocenters. The standard InChI is InChI=1S/C8H5FN4O2S/c9-5-1-6(13(14)15)3-7(2-5)16-8-10-4-11-12-8/h1-4H,(H,10,11,12). The Hall–Kier alpha value is -1.96. The number of aromatic amines is 1. The van der Waals surface area contributed by atoms with Crippen LogP contribution in [0.2, 0.25) is 0 Å². The van der Waals surface area contributed by atoms with E-state index in [-0.39, 0.29) is 5.69 Å². The molecular formula is C8H5FN4O2S. The SMILES string of the molecule is O=[N+]([O-])c1cc(F)cc(Sc2ncn[nH]2)c1. The van der Waals surface area contributed by atoms with E-state index in [0.717, 1.165) is 17.8 Å². The second kappa shape index (κ2) is 4.27. The third-order valence-corrected chi connectivity index (χ3v) is 2.54. The van der Waals surface area contributed by atoms with Crippen LogP contribution in [0.3, 0.4) is 0 Å². The van der Waals surface area contributed by atoms with Gasteiger partial charge < -0.3 is 0 Å². The zero-order valence-corrected chi connectivity index (χ0v) is 8.57. The van der Waals surface area contributed by atoms with Crippen LogP contribution in [0, 0.1) is 15.9 Å². The highest BCUT2D eigenvalue weighted by molar-refractivity contribution is 7.99. The minimum absolute atomic E-state index is 0.290. The van der Waals surface area contributed by atoms with Crippen molar-refractivity contribution in [3.8, 4) is 0 Å². The third-order valence-electron chi connectivity index (χ3n) is 1.67. The number of rotatable bonds is 3. The van der Waals surface area contributed by atoms with Crippen molar-refractivity contribution in [2.45, 2.75) is 10.1 Å². The van der Waals surface area contributed by atoms with E-state index in [0.29, 0.717) is 10.1 Å². The molecule has 0 fully saturated rings. The van der Waals surface area contributed by atoms with Gasteiger partial charge in [-0.1, -0.05) is 0 Å². The first-order valence-electron chi connectivity index (χ1n) is 4.13. The topological polar surface area (TPSA) is 84.7 Å². The molecule has 2 rings (SSSR count). The Bertz CT molecular complexity index is 517. The molecule has 16 heavy (non-hydrogen) atoms. The number of nitrogens with one attached hydrogen (secondary N) is 1. The van der Waals surface area contributed by atoms with E-state index in [1.807, 2.05) is 0 Å². The van der Waals surface area contributed by atoms with E-state index in [4.69, 9.17) is 0 Å². The molecule has 0 amide bonds. The molecule has 1 aromatic heterocycles. The summed E-state index contributed by atoms with van der Waals surface area (Å²) in [5.74, 6) is -0.656. The maximum atomic E-state index is 13.1. The Kier molecular flexibility index (Phi) is 2.82. The van der Waals surface area contributed by atoms with E-state index >= 15 is 0 Å². The molecule has 1 N–H and O–H groups in total. The number of nitro benzene ring substituents is 1. The molecule has 0 spiro atoms. The summed E-state index contributed by atoms with van der Waals surface area (Å²) in [6.07, 6.45) is 1.30. The molecule has 1 heterocycles. The second-order valence-electron chi connectivity index (χ2n) is 2.79. The highest BCUT2D eigenvalue weighted by atomic mass is 32.2. The average Bonchev–Trinajstić information content (AvgIpc) is 2.69. The molecule has 0 radical (unpaired) electrons. The fourth-order valence-electron chi connectivity index (χ4n) is 1.07. The number of H-pyrrole nitrogens is 1. The van der Waals surface area contributed by atoms with Crippen LogP contribution in [0.1, 0.15) is 0 Å². The molecular weight excluding hydrogens is 235 g/mol. The first-order valence-corrected chi connectivity index (χ1v) is 4.95. The number of nitrogens with zero attached hydrogens (tertiary/aromatic N) is 3. The summed E-state index contributed by atoms with van der Waals surface area (Å²) < 4.78 is 13.1. The van der Waals surface area contributed by atoms with Crippen LogP contribution in [-0.2, 0) is 0 Å². The Morgan fingerprint density at radius 1 is 1.44 bits per heavy atom. The quantitative estimate of drug-likeness (QED) is 0.655. The lowest BCUT2D eigenvalue weighted by Crippen LogP contribution is -1.90. The summed E-state index contributed by atoms with van der Waals surface area (Å²) in [6, 6.07) is 3.33. The maximum Gasteiger partial charge on any atom is 0.273 e. The van der Waals surface area contributed by atoms with Crippen LogP contribution in [-0.4, -0.2) is 20.1 Å². The van der Waals surface area contributed by atoms with Crippen molar-refractivity contribution in [1.29, 1.82) is 0 Å². The fourth-order valence-corrected chi connectivity index (χ4v) is 1.84. The van der Waals surface area contributed by atoms with Crippen LogP contribution < -0.4 is 0 Å². The Balaban J connectivity index is 2.31. The van der Waals surface area contributed by atoms with Crippen LogP contribution >= 0.6 is 11.8 Å². The molecule has 8 heteroatoms. The van der Waals surface area contributed by atoms with Gasteiger partial charge in [-0.05, 0) is 17.8 Å². The third kappa shape index (κ3) is 2.34. The number of non-ortho nitro benzene ring substituents is 1. The van der Waals surface area contributed by atoms with Gasteiger partial charge in [0, 0.05) is 11.0 Å². The number of hydrogen-bond donors (Lipinski definition) is 1. The van der Waals surface area contributed by atoms with Crippen LogP contribution in [0.5, 0.6) is 0 Å². The number of aromatic nitrogens is 3. The maximum absolute atomic E-state index is 13.1. The molecule has 1 aromatic carbocycles. The second-order valence-corrected chi connectivity index (χ2v) is 3.86. The van der Waals surface area contributed by atoms with Gasteiger partial charge in [0.2, 0.25) is 0 Å². The van der Waals surface area contributed by atoms with E-state index in [1.54, 1.807) is 0 Å². The van der Waals surface area contributed by atoms with E-state index in [1.165, 1.54) is 18.5 Å². The lowest BCUT2D eigenvalue weighted by atomic mass is 10.3. The average molecular weight is 240 g/mol. The number of halogens is 1. The molecule has 0 saturated carbocycles. The minimum atomic E-state index is -0.656. The van der Waals surface area contributed by atoms with Crippen molar-refractivity contribution >= 4 is 17.4 Å². The van der Waals surface area contributed by atoms with Crippen molar-refractivity contribution in [1.82, 2.24) is 15.2 Å². The molecule has 2 aromatic rings. The van der Waals surface area contributed by atoms with Gasteiger partial charge in [0.1, 0.15) is 12.1 Å². The molecule has 0 aliphatic rings. The normalized spacial score (nSPS) is 10.3. The Morgan fingerprint density at radius 2 is 2.25 bits per heavy atom. The van der Waals surface area contributed by atoms with Gasteiger partial charge in [-0.25, -0.2) is 9.37 Å². The van der Waals surface area contributed by atoms with Crippen molar-refractivity contribution in [3.05, 3.63) is 40.5 Å². The summed E-state index contributed by atoms with van der Waals surface area (Å²) >= 11 is 1.07. The first kappa shape index (κ1) is 10.6. The zero-order valence-electron chi connectivity index (χ0n) is 7.75. The summed E-state index contributed by atoms with van der Waals surface area (Å²) in [4.78, 5) is 14.1. The van der Waals surface area contributed by atoms with Crippen LogP contribution in [0.4, 0.5) is 10.1 Å². The Morgan fingerprint density at radius 3 is 2.88 bits per heavy atom. The largest absolute Gasteiger partial charge is 0.273 e. The smallest absolute Gasteiger partial charge is 0.258 e. The number of benzene rings is 1. The van der Waals surface area contributed by atoms with E-state index in [2.05, 4.69) is 15.2 Å². The summed E-state index contributed by atoms with van der Waals surface area (Å²) in [5.41, 5.74) is -0.290. The Labute approximate surface area is 93.0 Å². The van der Waals surface area contributed by atoms with Gasteiger partial charge in [0.15, 0.2) is 5.16 Å². The van der Waals surface area contributed by atoms with Crippen molar-refractivity contribution in [2.75, 3.05) is 0 Å². The number of nitro groups is 1. The molecule has 82 valence electrons. The molecule has 0 atom stereocenters. The van der Waals surface area contributed by atoms with Crippen LogP contribution in [0.25, 0.3) is 0 Å². The minimum Gasteiger partial charge on any atom is -0.258 e. The monoisotopic (exact) mass is 240 g/mol. The number of hydrogen-bond acceptors (Lipinski definition) is 5. The highest BCUT2D eigenvalue weighted by Crippen LogP contribution is 2.28. The van der Waals surface area contributed by atoms with Crippen LogP contribution in [0.15, 0.2) is 34.6 Å². The van der Waals surface area contributed by atoms with Gasteiger partial charge in [-0.15, -0.1) is 0 Å². The van der Waals surface area contributed by atoms with Gasteiger partial charge in [0.05, 0.1) is 11.0 Å². The van der Waals surface area contributed by atoms with Crippen molar-refractivity contribution in [2.24, 2.45) is 0 Å². The zero-order chi connectivity index (χ0) is 11.5. The first-order chi connectivity index (χ1) is 7.65. The van der Waals surface area contributed by atoms with Gasteiger partial charge >= 0.3 is 0 Å². The predicted octanol–water partition coefficient (Wildman–Crippen LogP) is 2.00. The fraction of sp³-hybridized carbons (Fsp3) is 0. The summed E-state index contributed by atoms with van der Waals surface area (Å²) in [5, 5.41) is 17.1.